The molecule has 1 aliphatic carbocycles. The lowest BCUT2D eigenvalue weighted by Gasteiger charge is -2.18. The Morgan fingerprint density at radius 2 is 2.38 bits per heavy atom. The van der Waals surface area contributed by atoms with Crippen molar-refractivity contribution in [3.63, 3.8) is 0 Å². The molecule has 0 spiro atoms. The fourth-order valence-corrected chi connectivity index (χ4v) is 1.56. The topological polar surface area (TPSA) is 35.5 Å². The van der Waals surface area contributed by atoms with Crippen molar-refractivity contribution in [1.82, 2.24) is 10.4 Å². The summed E-state index contributed by atoms with van der Waals surface area (Å²) in [6.07, 6.45) is 11.2. The molecule has 0 saturated heterocycles. The van der Waals surface area contributed by atoms with Gasteiger partial charge in [0.05, 0.1) is 6.04 Å². The third-order valence-electron chi connectivity index (χ3n) is 2.23. The second kappa shape index (κ2) is 3.77. The summed E-state index contributed by atoms with van der Waals surface area (Å²) in [7, 11) is 0. The van der Waals surface area contributed by atoms with Crippen LogP contribution in [0.4, 0.5) is 0 Å². The van der Waals surface area contributed by atoms with E-state index in [-0.39, 0.29) is 6.61 Å². The SMILES string of the molecule is OCCCN1C=C2C=CC=CC2N1. The van der Waals surface area contributed by atoms with Gasteiger partial charge >= 0.3 is 0 Å². The zero-order valence-electron chi connectivity index (χ0n) is 7.48. The second-order valence-electron chi connectivity index (χ2n) is 3.25. The average molecular weight is 178 g/mol. The molecule has 2 aliphatic rings. The van der Waals surface area contributed by atoms with Gasteiger partial charge in [0.25, 0.3) is 0 Å². The van der Waals surface area contributed by atoms with Crippen molar-refractivity contribution in [2.45, 2.75) is 12.5 Å². The van der Waals surface area contributed by atoms with Crippen molar-refractivity contribution in [3.05, 3.63) is 36.1 Å². The molecule has 0 fully saturated rings. The summed E-state index contributed by atoms with van der Waals surface area (Å²) in [5.41, 5.74) is 4.61. The highest BCUT2D eigenvalue weighted by Gasteiger charge is 2.19. The summed E-state index contributed by atoms with van der Waals surface area (Å²) in [5.74, 6) is 0. The second-order valence-corrected chi connectivity index (χ2v) is 3.25. The van der Waals surface area contributed by atoms with E-state index >= 15 is 0 Å². The van der Waals surface area contributed by atoms with Gasteiger partial charge in [0.15, 0.2) is 0 Å². The minimum atomic E-state index is 0.248. The smallest absolute Gasteiger partial charge is 0.0710 e. The van der Waals surface area contributed by atoms with Gasteiger partial charge in [-0.05, 0) is 12.0 Å². The molecular formula is C10H14N2O. The summed E-state index contributed by atoms with van der Waals surface area (Å²) in [5, 5.41) is 10.7. The van der Waals surface area contributed by atoms with Crippen LogP contribution >= 0.6 is 0 Å². The number of hydrogen-bond donors (Lipinski definition) is 2. The van der Waals surface area contributed by atoms with Crippen LogP contribution in [0.25, 0.3) is 0 Å². The molecule has 0 saturated carbocycles. The number of hydrazine groups is 1. The van der Waals surface area contributed by atoms with E-state index in [1.165, 1.54) is 5.57 Å². The maximum absolute atomic E-state index is 8.68. The molecule has 0 bridgehead atoms. The van der Waals surface area contributed by atoms with E-state index in [2.05, 4.69) is 23.8 Å². The Balaban J connectivity index is 1.95. The molecule has 1 aliphatic heterocycles. The van der Waals surface area contributed by atoms with E-state index in [4.69, 9.17) is 5.11 Å². The number of aliphatic hydroxyl groups is 1. The van der Waals surface area contributed by atoms with Crippen LogP contribution in [0.1, 0.15) is 6.42 Å². The lowest BCUT2D eigenvalue weighted by Crippen LogP contribution is -2.36. The maximum Gasteiger partial charge on any atom is 0.0710 e. The minimum absolute atomic E-state index is 0.248. The van der Waals surface area contributed by atoms with Crippen LogP contribution in [-0.4, -0.2) is 29.3 Å². The van der Waals surface area contributed by atoms with E-state index in [0.717, 1.165) is 13.0 Å². The summed E-state index contributed by atoms with van der Waals surface area (Å²) < 4.78 is 0. The zero-order valence-corrected chi connectivity index (χ0v) is 7.48. The Hall–Kier alpha value is -1.06. The van der Waals surface area contributed by atoms with E-state index < -0.39 is 0 Å². The Labute approximate surface area is 78.0 Å². The van der Waals surface area contributed by atoms with Crippen molar-refractivity contribution < 1.29 is 5.11 Å². The molecule has 0 aromatic heterocycles. The van der Waals surface area contributed by atoms with Crippen molar-refractivity contribution in [2.24, 2.45) is 0 Å². The van der Waals surface area contributed by atoms with E-state index in [1.54, 1.807) is 0 Å². The molecule has 70 valence electrons. The first-order valence-electron chi connectivity index (χ1n) is 4.60. The summed E-state index contributed by atoms with van der Waals surface area (Å²) >= 11 is 0. The highest BCUT2D eigenvalue weighted by molar-refractivity contribution is 5.37. The van der Waals surface area contributed by atoms with Crippen LogP contribution < -0.4 is 5.43 Å². The molecule has 2 N–H and O–H groups in total. The van der Waals surface area contributed by atoms with Gasteiger partial charge < -0.3 is 10.1 Å². The number of allylic oxidation sites excluding steroid dienone is 2. The molecule has 3 heteroatoms. The van der Waals surface area contributed by atoms with Gasteiger partial charge in [0.2, 0.25) is 0 Å². The first kappa shape index (κ1) is 8.53. The fourth-order valence-electron chi connectivity index (χ4n) is 1.56. The molecule has 1 unspecified atom stereocenters. The van der Waals surface area contributed by atoms with Gasteiger partial charge in [0, 0.05) is 19.4 Å². The monoisotopic (exact) mass is 178 g/mol. The standard InChI is InChI=1S/C10H14N2O/c13-7-3-6-12-8-9-4-1-2-5-10(9)11-12/h1-2,4-5,8,10-11,13H,3,6-7H2. The fraction of sp³-hybridized carbons (Fsp3) is 0.400. The number of nitrogens with one attached hydrogen (secondary N) is 1. The van der Waals surface area contributed by atoms with Crippen molar-refractivity contribution >= 4 is 0 Å². The quantitative estimate of drug-likeness (QED) is 0.663. The predicted octanol–water partition coefficient (Wildman–Crippen LogP) is 0.567. The molecule has 13 heavy (non-hydrogen) atoms. The van der Waals surface area contributed by atoms with Crippen LogP contribution in [0.15, 0.2) is 36.1 Å². The molecule has 0 radical (unpaired) electrons. The van der Waals surface area contributed by atoms with Gasteiger partial charge in [-0.2, -0.15) is 0 Å². The van der Waals surface area contributed by atoms with Crippen LogP contribution in [-0.2, 0) is 0 Å². The van der Waals surface area contributed by atoms with Crippen LogP contribution in [0.2, 0.25) is 0 Å². The third kappa shape index (κ3) is 1.82. The summed E-state index contributed by atoms with van der Waals surface area (Å²) in [6, 6.07) is 0.337. The van der Waals surface area contributed by atoms with Crippen molar-refractivity contribution in [1.29, 1.82) is 0 Å². The lowest BCUT2D eigenvalue weighted by atomic mass is 10.1. The van der Waals surface area contributed by atoms with E-state index in [1.807, 2.05) is 17.2 Å². The number of nitrogens with zero attached hydrogens (tertiary/aromatic N) is 1. The van der Waals surface area contributed by atoms with Crippen molar-refractivity contribution in [2.75, 3.05) is 13.2 Å². The first-order valence-corrected chi connectivity index (χ1v) is 4.60. The Morgan fingerprint density at radius 1 is 1.46 bits per heavy atom. The van der Waals surface area contributed by atoms with Crippen molar-refractivity contribution in [3.8, 4) is 0 Å². The van der Waals surface area contributed by atoms with Gasteiger partial charge in [-0.15, -0.1) is 0 Å². The Morgan fingerprint density at radius 3 is 3.15 bits per heavy atom. The van der Waals surface area contributed by atoms with Gasteiger partial charge in [-0.25, -0.2) is 5.43 Å². The predicted molar refractivity (Wildman–Crippen MR) is 51.7 cm³/mol. The normalized spacial score (nSPS) is 24.8. The number of aliphatic hydroxyl groups excluding tert-OH is 1. The van der Waals surface area contributed by atoms with Crippen LogP contribution in [0, 0.1) is 0 Å². The van der Waals surface area contributed by atoms with Gasteiger partial charge in [-0.1, -0.05) is 24.3 Å². The molecule has 0 aromatic carbocycles. The molecule has 1 heterocycles. The van der Waals surface area contributed by atoms with E-state index in [9.17, 15) is 0 Å². The molecule has 0 aromatic rings. The highest BCUT2D eigenvalue weighted by atomic mass is 16.3. The third-order valence-corrected chi connectivity index (χ3v) is 2.23. The lowest BCUT2D eigenvalue weighted by molar-refractivity contribution is 0.231. The molecule has 2 rings (SSSR count). The van der Waals surface area contributed by atoms with Gasteiger partial charge in [0.1, 0.15) is 0 Å². The molecule has 1 atom stereocenters. The zero-order chi connectivity index (χ0) is 9.10. The Kier molecular flexibility index (Phi) is 2.47. The van der Waals surface area contributed by atoms with Crippen LogP contribution in [0.3, 0.4) is 0 Å². The number of rotatable bonds is 3. The minimum Gasteiger partial charge on any atom is -0.396 e. The van der Waals surface area contributed by atoms with Gasteiger partial charge in [-0.3, -0.25) is 0 Å². The van der Waals surface area contributed by atoms with Crippen LogP contribution in [0.5, 0.6) is 0 Å². The summed E-state index contributed by atoms with van der Waals surface area (Å²) in [4.78, 5) is 0. The number of hydrogen-bond acceptors (Lipinski definition) is 3. The Bertz CT molecular complexity index is 268. The number of fused-ring (bicyclic) bond motifs is 1. The highest BCUT2D eigenvalue weighted by Crippen LogP contribution is 2.18. The first-order chi connectivity index (χ1) is 6.40. The van der Waals surface area contributed by atoms with E-state index in [0.29, 0.717) is 6.04 Å². The average Bonchev–Trinajstić information content (AvgIpc) is 2.57. The largest absolute Gasteiger partial charge is 0.396 e. The molecule has 0 amide bonds. The molecule has 3 nitrogen and oxygen atoms in total. The summed E-state index contributed by atoms with van der Waals surface area (Å²) in [6.45, 7) is 1.11. The molecular weight excluding hydrogens is 164 g/mol. The maximum atomic E-state index is 8.68.